The van der Waals surface area contributed by atoms with Crippen LogP contribution in [0.25, 0.3) is 0 Å². The number of piperazine rings is 1. The summed E-state index contributed by atoms with van der Waals surface area (Å²) in [4.78, 5) is 18.1. The molecule has 1 amide bonds. The zero-order valence-corrected chi connectivity index (χ0v) is 15.4. The predicted molar refractivity (Wildman–Crippen MR) is 91.0 cm³/mol. The molecular formula is C17H30F2N4O2. The second-order valence-corrected chi connectivity index (χ2v) is 8.35. The number of carbonyl (C=O) groups excluding carboxylic acids is 1. The number of hydrogen-bond acceptors (Lipinski definition) is 5. The number of amides is 1. The van der Waals surface area contributed by atoms with Crippen LogP contribution in [0.15, 0.2) is 0 Å². The van der Waals surface area contributed by atoms with Gasteiger partial charge < -0.3 is 15.0 Å². The molecule has 0 bridgehead atoms. The highest BCUT2D eigenvalue weighted by atomic mass is 19.3. The van der Waals surface area contributed by atoms with E-state index in [0.717, 1.165) is 13.1 Å². The van der Waals surface area contributed by atoms with Gasteiger partial charge in [0, 0.05) is 45.3 Å². The molecule has 0 radical (unpaired) electrons. The van der Waals surface area contributed by atoms with Gasteiger partial charge in [0.1, 0.15) is 5.60 Å². The smallest absolute Gasteiger partial charge is 0.410 e. The highest BCUT2D eigenvalue weighted by Gasteiger charge is 2.49. The molecular weight excluding hydrogens is 330 g/mol. The Hall–Kier alpha value is -0.990. The Bertz CT molecular complexity index is 484. The van der Waals surface area contributed by atoms with Crippen LogP contribution in [0.4, 0.5) is 13.6 Å². The molecule has 1 unspecified atom stereocenters. The molecule has 144 valence electrons. The average Bonchev–Trinajstić information content (AvgIpc) is 2.46. The van der Waals surface area contributed by atoms with Gasteiger partial charge in [-0.1, -0.05) is 0 Å². The molecule has 1 N–H and O–H groups in total. The molecule has 8 heteroatoms. The van der Waals surface area contributed by atoms with Crippen molar-refractivity contribution in [3.63, 3.8) is 0 Å². The highest BCUT2D eigenvalue weighted by molar-refractivity contribution is 5.68. The Balaban J connectivity index is 1.42. The Morgan fingerprint density at radius 3 is 2.32 bits per heavy atom. The molecule has 0 spiro atoms. The number of halogens is 2. The number of likely N-dealkylation sites (tertiary alicyclic amines) is 1. The van der Waals surface area contributed by atoms with Gasteiger partial charge in [0.05, 0.1) is 12.6 Å². The van der Waals surface area contributed by atoms with E-state index in [4.69, 9.17) is 4.74 Å². The van der Waals surface area contributed by atoms with Crippen LogP contribution >= 0.6 is 0 Å². The molecule has 3 saturated heterocycles. The van der Waals surface area contributed by atoms with Crippen molar-refractivity contribution >= 4 is 6.09 Å². The van der Waals surface area contributed by atoms with E-state index in [1.165, 1.54) is 0 Å². The Labute approximate surface area is 148 Å². The molecule has 3 aliphatic heterocycles. The van der Waals surface area contributed by atoms with Crippen molar-refractivity contribution in [3.05, 3.63) is 0 Å². The van der Waals surface area contributed by atoms with Crippen molar-refractivity contribution in [1.29, 1.82) is 0 Å². The van der Waals surface area contributed by atoms with Gasteiger partial charge in [-0.05, 0) is 33.7 Å². The van der Waals surface area contributed by atoms with Crippen molar-refractivity contribution in [1.82, 2.24) is 20.0 Å². The van der Waals surface area contributed by atoms with Crippen LogP contribution in [-0.4, -0.2) is 96.8 Å². The molecule has 3 fully saturated rings. The monoisotopic (exact) mass is 360 g/mol. The van der Waals surface area contributed by atoms with Gasteiger partial charge >= 0.3 is 6.09 Å². The number of ether oxygens (including phenoxy) is 1. The maximum absolute atomic E-state index is 14.0. The largest absolute Gasteiger partial charge is 0.444 e. The second-order valence-electron chi connectivity index (χ2n) is 8.35. The molecule has 0 aromatic rings. The predicted octanol–water partition coefficient (Wildman–Crippen LogP) is 1.22. The van der Waals surface area contributed by atoms with E-state index < -0.39 is 17.6 Å². The maximum Gasteiger partial charge on any atom is 0.410 e. The first kappa shape index (κ1) is 18.8. The zero-order chi connectivity index (χ0) is 18.2. The number of nitrogens with zero attached hydrogens (tertiary/aromatic N) is 3. The van der Waals surface area contributed by atoms with Crippen LogP contribution in [0, 0.1) is 0 Å². The molecule has 3 aliphatic rings. The first-order valence-electron chi connectivity index (χ1n) is 9.20. The molecule has 0 aromatic heterocycles. The van der Waals surface area contributed by atoms with Gasteiger partial charge in [-0.2, -0.15) is 0 Å². The Morgan fingerprint density at radius 2 is 1.76 bits per heavy atom. The van der Waals surface area contributed by atoms with E-state index in [1.54, 1.807) is 4.90 Å². The van der Waals surface area contributed by atoms with Gasteiger partial charge in [-0.15, -0.1) is 0 Å². The Morgan fingerprint density at radius 1 is 1.12 bits per heavy atom. The summed E-state index contributed by atoms with van der Waals surface area (Å²) < 4.78 is 33.4. The third-order valence-corrected chi connectivity index (χ3v) is 5.26. The maximum atomic E-state index is 14.0. The van der Waals surface area contributed by atoms with E-state index in [0.29, 0.717) is 45.2 Å². The van der Waals surface area contributed by atoms with Gasteiger partial charge in [-0.25, -0.2) is 13.6 Å². The summed E-state index contributed by atoms with van der Waals surface area (Å²) in [7, 11) is 0. The van der Waals surface area contributed by atoms with Crippen molar-refractivity contribution < 1.29 is 18.3 Å². The molecule has 0 saturated carbocycles. The molecule has 0 aliphatic carbocycles. The first-order chi connectivity index (χ1) is 11.7. The lowest BCUT2D eigenvalue weighted by Gasteiger charge is -2.52. The summed E-state index contributed by atoms with van der Waals surface area (Å²) in [6, 6.07) is -0.306. The normalized spacial score (nSPS) is 29.3. The average molecular weight is 360 g/mol. The van der Waals surface area contributed by atoms with Gasteiger partial charge in [0.25, 0.3) is 5.92 Å². The standard InChI is InChI=1S/C17H30F2N4O2/c1-16(2,3)25-15(24)22-8-6-21(7-9-22)13-10-23(11-13)14-4-5-20-12-17(14,18)19/h13-14,20H,4-12H2,1-3H3. The van der Waals surface area contributed by atoms with Crippen molar-refractivity contribution in [2.75, 3.05) is 52.4 Å². The summed E-state index contributed by atoms with van der Waals surface area (Å²) in [5, 5.41) is 2.78. The van der Waals surface area contributed by atoms with E-state index in [9.17, 15) is 13.6 Å². The number of rotatable bonds is 2. The quantitative estimate of drug-likeness (QED) is 0.802. The Kier molecular flexibility index (Phi) is 5.23. The minimum Gasteiger partial charge on any atom is -0.444 e. The lowest BCUT2D eigenvalue weighted by Crippen LogP contribution is -2.69. The minimum atomic E-state index is -2.64. The minimum absolute atomic E-state index is 0.215. The number of nitrogens with one attached hydrogen (secondary N) is 1. The summed E-state index contributed by atoms with van der Waals surface area (Å²) in [5.74, 6) is -2.64. The van der Waals surface area contributed by atoms with Crippen molar-refractivity contribution in [3.8, 4) is 0 Å². The fraction of sp³-hybridized carbons (Fsp3) is 0.941. The fourth-order valence-electron chi connectivity index (χ4n) is 3.84. The molecule has 0 aromatic carbocycles. The second kappa shape index (κ2) is 6.96. The van der Waals surface area contributed by atoms with Crippen molar-refractivity contribution in [2.24, 2.45) is 0 Å². The number of alkyl halides is 2. The molecule has 6 nitrogen and oxygen atoms in total. The van der Waals surface area contributed by atoms with E-state index in [1.807, 2.05) is 25.7 Å². The summed E-state index contributed by atoms with van der Waals surface area (Å²) in [6.45, 7) is 10.3. The van der Waals surface area contributed by atoms with Crippen molar-refractivity contribution in [2.45, 2.75) is 50.8 Å². The van der Waals surface area contributed by atoms with Crippen LogP contribution < -0.4 is 5.32 Å². The molecule has 3 rings (SSSR count). The summed E-state index contributed by atoms with van der Waals surface area (Å²) in [5.41, 5.74) is -0.483. The van der Waals surface area contributed by atoms with Crippen LogP contribution in [0.1, 0.15) is 27.2 Å². The number of carbonyl (C=O) groups is 1. The first-order valence-corrected chi connectivity index (χ1v) is 9.20. The van der Waals surface area contributed by atoms with E-state index in [-0.39, 0.29) is 12.6 Å². The highest BCUT2D eigenvalue weighted by Crippen LogP contribution is 2.32. The van der Waals surface area contributed by atoms with Crippen LogP contribution in [0.2, 0.25) is 0 Å². The van der Waals surface area contributed by atoms with Gasteiger partial charge in [-0.3, -0.25) is 9.80 Å². The van der Waals surface area contributed by atoms with E-state index >= 15 is 0 Å². The van der Waals surface area contributed by atoms with Crippen LogP contribution in [-0.2, 0) is 4.74 Å². The lowest BCUT2D eigenvalue weighted by molar-refractivity contribution is -0.131. The molecule has 1 atom stereocenters. The number of piperidine rings is 1. The summed E-state index contributed by atoms with van der Waals surface area (Å²) >= 11 is 0. The fourth-order valence-corrected chi connectivity index (χ4v) is 3.84. The third-order valence-electron chi connectivity index (χ3n) is 5.26. The molecule has 25 heavy (non-hydrogen) atoms. The van der Waals surface area contributed by atoms with Crippen LogP contribution in [0.3, 0.4) is 0 Å². The SMILES string of the molecule is CC(C)(C)OC(=O)N1CCN(C2CN(C3CCNCC3(F)F)C2)CC1. The van der Waals surface area contributed by atoms with E-state index in [2.05, 4.69) is 10.2 Å². The van der Waals surface area contributed by atoms with Crippen LogP contribution in [0.5, 0.6) is 0 Å². The topological polar surface area (TPSA) is 48.1 Å². The third kappa shape index (κ3) is 4.41. The zero-order valence-electron chi connectivity index (χ0n) is 15.4. The molecule has 3 heterocycles. The van der Waals surface area contributed by atoms with Gasteiger partial charge in [0.15, 0.2) is 0 Å². The van der Waals surface area contributed by atoms with Gasteiger partial charge in [0.2, 0.25) is 0 Å². The summed E-state index contributed by atoms with van der Waals surface area (Å²) in [6.07, 6.45) is 0.239. The number of hydrogen-bond donors (Lipinski definition) is 1. The lowest BCUT2D eigenvalue weighted by atomic mass is 9.94.